The Morgan fingerprint density at radius 1 is 1.56 bits per heavy atom. The number of hydrogen-bond donors (Lipinski definition) is 2. The predicted molar refractivity (Wildman–Crippen MR) is 62.1 cm³/mol. The van der Waals surface area contributed by atoms with Crippen LogP contribution in [-0.2, 0) is 11.2 Å². The molecule has 1 atom stereocenters. The lowest BCUT2D eigenvalue weighted by Crippen LogP contribution is -2.47. The maximum atomic E-state index is 5.42. The summed E-state index contributed by atoms with van der Waals surface area (Å²) in [5.41, 5.74) is 4.15. The molecule has 0 amide bonds. The molecule has 2 aliphatic rings. The molecule has 1 aliphatic carbocycles. The monoisotopic (exact) mass is 219 g/mol. The molecule has 86 valence electrons. The zero-order valence-electron chi connectivity index (χ0n) is 9.55. The van der Waals surface area contributed by atoms with Crippen LogP contribution in [0.15, 0.2) is 11.8 Å². The predicted octanol–water partition coefficient (Wildman–Crippen LogP) is 0.975. The third kappa shape index (κ3) is 1.41. The van der Waals surface area contributed by atoms with Crippen LogP contribution in [-0.4, -0.2) is 37.0 Å². The van der Waals surface area contributed by atoms with Crippen molar-refractivity contribution in [2.45, 2.75) is 12.8 Å². The number of aromatic amines is 1. The summed E-state index contributed by atoms with van der Waals surface area (Å²) in [5, 5.41) is 10.7. The van der Waals surface area contributed by atoms with Gasteiger partial charge in [-0.3, -0.25) is 5.10 Å². The highest BCUT2D eigenvalue weighted by Gasteiger charge is 2.39. The first-order valence-electron chi connectivity index (χ1n) is 5.77. The first-order chi connectivity index (χ1) is 7.84. The standard InChI is InChI=1S/C12H17N3O/c1-16-8-12-5-9-6-14-15-11(9)4-10(12)2-3-13-7-12/h4,6,13H,2-3,5,7-8H2,1H3,(H,14,15). The number of fused-ring (bicyclic) bond motifs is 2. The van der Waals surface area contributed by atoms with Crippen LogP contribution < -0.4 is 5.32 Å². The molecule has 3 rings (SSSR count). The lowest BCUT2D eigenvalue weighted by atomic mass is 9.69. The molecule has 1 saturated heterocycles. The van der Waals surface area contributed by atoms with E-state index in [0.29, 0.717) is 0 Å². The third-order valence-corrected chi connectivity index (χ3v) is 3.74. The largest absolute Gasteiger partial charge is 0.384 e. The fourth-order valence-electron chi connectivity index (χ4n) is 2.93. The fourth-order valence-corrected chi connectivity index (χ4v) is 2.93. The van der Waals surface area contributed by atoms with Crippen LogP contribution in [0.1, 0.15) is 17.7 Å². The lowest BCUT2D eigenvalue weighted by Gasteiger charge is -2.41. The molecule has 1 fully saturated rings. The van der Waals surface area contributed by atoms with Gasteiger partial charge in [-0.05, 0) is 31.0 Å². The molecule has 0 bridgehead atoms. The third-order valence-electron chi connectivity index (χ3n) is 3.74. The number of nitrogens with zero attached hydrogens (tertiary/aromatic N) is 1. The van der Waals surface area contributed by atoms with Crippen molar-refractivity contribution in [3.8, 4) is 0 Å². The molecule has 4 heteroatoms. The number of methoxy groups -OCH3 is 1. The minimum absolute atomic E-state index is 0.157. The molecular weight excluding hydrogens is 202 g/mol. The normalized spacial score (nSPS) is 28.2. The summed E-state index contributed by atoms with van der Waals surface area (Å²) in [5.74, 6) is 0. The van der Waals surface area contributed by atoms with Gasteiger partial charge in [0.05, 0.1) is 18.5 Å². The maximum Gasteiger partial charge on any atom is 0.0609 e. The molecular formula is C12H17N3O. The topological polar surface area (TPSA) is 49.9 Å². The van der Waals surface area contributed by atoms with Gasteiger partial charge in [-0.25, -0.2) is 0 Å². The summed E-state index contributed by atoms with van der Waals surface area (Å²) < 4.78 is 5.42. The highest BCUT2D eigenvalue weighted by molar-refractivity contribution is 5.58. The average Bonchev–Trinajstić information content (AvgIpc) is 2.72. The Balaban J connectivity index is 2.02. The molecule has 1 aromatic rings. The smallest absolute Gasteiger partial charge is 0.0609 e. The van der Waals surface area contributed by atoms with E-state index in [9.17, 15) is 0 Å². The van der Waals surface area contributed by atoms with Crippen molar-refractivity contribution < 1.29 is 4.74 Å². The molecule has 16 heavy (non-hydrogen) atoms. The number of ether oxygens (including phenoxy) is 1. The highest BCUT2D eigenvalue weighted by Crippen LogP contribution is 2.41. The van der Waals surface area contributed by atoms with Gasteiger partial charge in [-0.1, -0.05) is 5.57 Å². The highest BCUT2D eigenvalue weighted by atomic mass is 16.5. The van der Waals surface area contributed by atoms with E-state index in [-0.39, 0.29) is 5.41 Å². The molecule has 4 nitrogen and oxygen atoms in total. The van der Waals surface area contributed by atoms with E-state index in [0.717, 1.165) is 32.5 Å². The molecule has 0 aromatic carbocycles. The summed E-state index contributed by atoms with van der Waals surface area (Å²) in [6, 6.07) is 0. The molecule has 1 unspecified atom stereocenters. The Labute approximate surface area is 95.1 Å². The zero-order chi connectivity index (χ0) is 11.0. The van der Waals surface area contributed by atoms with Crippen molar-refractivity contribution in [3.63, 3.8) is 0 Å². The van der Waals surface area contributed by atoms with Crippen molar-refractivity contribution in [1.82, 2.24) is 15.5 Å². The Bertz CT molecular complexity index is 420. The van der Waals surface area contributed by atoms with Crippen LogP contribution in [0.4, 0.5) is 0 Å². The van der Waals surface area contributed by atoms with E-state index in [2.05, 4.69) is 21.6 Å². The summed E-state index contributed by atoms with van der Waals surface area (Å²) in [4.78, 5) is 0. The number of rotatable bonds is 2. The first kappa shape index (κ1) is 10.1. The van der Waals surface area contributed by atoms with Crippen molar-refractivity contribution in [1.29, 1.82) is 0 Å². The van der Waals surface area contributed by atoms with Gasteiger partial charge >= 0.3 is 0 Å². The number of nitrogens with one attached hydrogen (secondary N) is 2. The minimum atomic E-state index is 0.157. The summed E-state index contributed by atoms with van der Waals surface area (Å²) in [7, 11) is 1.78. The van der Waals surface area contributed by atoms with Gasteiger partial charge in [0, 0.05) is 19.1 Å². The molecule has 0 saturated carbocycles. The second-order valence-corrected chi connectivity index (χ2v) is 4.80. The van der Waals surface area contributed by atoms with Gasteiger partial charge < -0.3 is 10.1 Å². The quantitative estimate of drug-likeness (QED) is 0.779. The second kappa shape index (κ2) is 3.71. The van der Waals surface area contributed by atoms with Crippen molar-refractivity contribution >= 4 is 6.08 Å². The summed E-state index contributed by atoms with van der Waals surface area (Å²) >= 11 is 0. The maximum absolute atomic E-state index is 5.42. The Morgan fingerprint density at radius 3 is 3.38 bits per heavy atom. The molecule has 2 N–H and O–H groups in total. The van der Waals surface area contributed by atoms with Crippen molar-refractivity contribution in [2.75, 3.05) is 26.8 Å². The van der Waals surface area contributed by atoms with Crippen molar-refractivity contribution in [3.05, 3.63) is 23.0 Å². The lowest BCUT2D eigenvalue weighted by molar-refractivity contribution is 0.0928. The summed E-state index contributed by atoms with van der Waals surface area (Å²) in [6.07, 6.45) is 6.35. The van der Waals surface area contributed by atoms with E-state index in [4.69, 9.17) is 4.74 Å². The van der Waals surface area contributed by atoms with E-state index >= 15 is 0 Å². The molecule has 1 aromatic heterocycles. The Hall–Kier alpha value is -1.13. The second-order valence-electron chi connectivity index (χ2n) is 4.80. The first-order valence-corrected chi connectivity index (χ1v) is 5.77. The number of aromatic nitrogens is 2. The Morgan fingerprint density at radius 2 is 2.50 bits per heavy atom. The van der Waals surface area contributed by atoms with Crippen LogP contribution in [0.2, 0.25) is 0 Å². The van der Waals surface area contributed by atoms with Crippen LogP contribution in [0.3, 0.4) is 0 Å². The van der Waals surface area contributed by atoms with Gasteiger partial charge in [-0.15, -0.1) is 0 Å². The van der Waals surface area contributed by atoms with E-state index in [1.807, 2.05) is 6.20 Å². The van der Waals surface area contributed by atoms with E-state index in [1.54, 1.807) is 7.11 Å². The van der Waals surface area contributed by atoms with Gasteiger partial charge in [0.15, 0.2) is 0 Å². The van der Waals surface area contributed by atoms with Crippen LogP contribution in [0.5, 0.6) is 0 Å². The summed E-state index contributed by atoms with van der Waals surface area (Å²) in [6.45, 7) is 2.87. The van der Waals surface area contributed by atoms with Crippen LogP contribution in [0, 0.1) is 5.41 Å². The van der Waals surface area contributed by atoms with Gasteiger partial charge in [0.25, 0.3) is 0 Å². The SMILES string of the molecule is COCC12CNCCC1=Cc1[nH]ncc1C2. The van der Waals surface area contributed by atoms with E-state index in [1.165, 1.54) is 16.8 Å². The van der Waals surface area contributed by atoms with Gasteiger partial charge in [-0.2, -0.15) is 5.10 Å². The molecule has 2 heterocycles. The number of H-pyrrole nitrogens is 1. The van der Waals surface area contributed by atoms with Gasteiger partial charge in [0.1, 0.15) is 0 Å². The number of hydrogen-bond acceptors (Lipinski definition) is 3. The number of piperidine rings is 1. The van der Waals surface area contributed by atoms with Crippen molar-refractivity contribution in [2.24, 2.45) is 5.41 Å². The minimum Gasteiger partial charge on any atom is -0.384 e. The zero-order valence-corrected chi connectivity index (χ0v) is 9.55. The fraction of sp³-hybridized carbons (Fsp3) is 0.583. The molecule has 0 radical (unpaired) electrons. The van der Waals surface area contributed by atoms with Crippen LogP contribution in [0.25, 0.3) is 6.08 Å². The van der Waals surface area contributed by atoms with Crippen LogP contribution >= 0.6 is 0 Å². The average molecular weight is 219 g/mol. The van der Waals surface area contributed by atoms with Gasteiger partial charge in [0.2, 0.25) is 0 Å². The Kier molecular flexibility index (Phi) is 2.33. The van der Waals surface area contributed by atoms with E-state index < -0.39 is 0 Å². The molecule has 1 aliphatic heterocycles. The molecule has 0 spiro atoms.